The predicted octanol–water partition coefficient (Wildman–Crippen LogP) is 11.1. The summed E-state index contributed by atoms with van der Waals surface area (Å²) in [7, 11) is 0. The Bertz CT molecular complexity index is 1790. The lowest BCUT2D eigenvalue weighted by Gasteiger charge is -2.43. The first-order chi connectivity index (χ1) is 20.6. The predicted molar refractivity (Wildman–Crippen MR) is 184 cm³/mol. The topological polar surface area (TPSA) is 7.12 Å². The van der Waals surface area contributed by atoms with Gasteiger partial charge < -0.3 is 4.90 Å². The molecule has 0 N–H and O–H groups in total. The van der Waals surface area contributed by atoms with E-state index in [1.54, 1.807) is 0 Å². The van der Waals surface area contributed by atoms with E-state index < -0.39 is 0 Å². The summed E-state index contributed by atoms with van der Waals surface area (Å²) in [4.78, 5) is 2.70. The monoisotopic (exact) mass is 567 g/mol. The zero-order valence-electron chi connectivity index (χ0n) is 27.5. The number of benzene rings is 3. The van der Waals surface area contributed by atoms with Crippen molar-refractivity contribution >= 4 is 22.2 Å². The maximum atomic E-state index is 4.44. The summed E-state index contributed by atoms with van der Waals surface area (Å²) in [6, 6.07) is 27.4. The molecule has 2 nitrogen and oxygen atoms in total. The number of pyridine rings is 1. The van der Waals surface area contributed by atoms with Gasteiger partial charge in [0.05, 0.1) is 17.2 Å². The van der Waals surface area contributed by atoms with E-state index in [1.807, 2.05) is 0 Å². The average Bonchev–Trinajstić information content (AvgIpc) is 2.99. The second kappa shape index (κ2) is 11.0. The Morgan fingerprint density at radius 1 is 0.837 bits per heavy atom. The Hall–Kier alpha value is -3.91. The molecule has 2 atom stereocenters. The molecule has 0 radical (unpaired) electrons. The molecule has 2 heteroatoms. The molecule has 2 aliphatic rings. The maximum absolute atomic E-state index is 4.44. The molecule has 0 amide bonds. The Labute approximate surface area is 259 Å². The van der Waals surface area contributed by atoms with Crippen molar-refractivity contribution in [2.75, 3.05) is 4.90 Å². The zero-order valence-corrected chi connectivity index (χ0v) is 27.5. The van der Waals surface area contributed by atoms with Crippen LogP contribution in [0.15, 0.2) is 102 Å². The van der Waals surface area contributed by atoms with Crippen LogP contribution in [0.25, 0.3) is 27.7 Å². The van der Waals surface area contributed by atoms with Crippen LogP contribution in [0.2, 0.25) is 0 Å². The van der Waals surface area contributed by atoms with Crippen LogP contribution in [0.3, 0.4) is 0 Å². The van der Waals surface area contributed by atoms with Crippen molar-refractivity contribution in [3.63, 3.8) is 0 Å². The van der Waals surface area contributed by atoms with Gasteiger partial charge >= 0.3 is 0 Å². The first-order valence-electron chi connectivity index (χ1n) is 16.1. The van der Waals surface area contributed by atoms with Crippen molar-refractivity contribution in [2.24, 2.45) is 5.92 Å². The van der Waals surface area contributed by atoms with Gasteiger partial charge in [0.2, 0.25) is 17.1 Å². The summed E-state index contributed by atoms with van der Waals surface area (Å²) in [5.41, 5.74) is 14.9. The number of hydrogen-bond donors (Lipinski definition) is 0. The minimum absolute atomic E-state index is 0.00438. The second-order valence-electron chi connectivity index (χ2n) is 13.5. The van der Waals surface area contributed by atoms with E-state index >= 15 is 0 Å². The molecule has 0 spiro atoms. The first-order valence-corrected chi connectivity index (χ1v) is 16.1. The molecule has 0 aliphatic carbocycles. The lowest BCUT2D eigenvalue weighted by molar-refractivity contribution is -0.587. The molecule has 220 valence electrons. The third kappa shape index (κ3) is 4.41. The van der Waals surface area contributed by atoms with Gasteiger partial charge in [-0.3, -0.25) is 0 Å². The number of allylic oxidation sites excluding steroid dienone is 3. The SMILES string of the molecule is C=CC(=C(C)C(C)C)C1c2cccc3[n+]2C(=C(C)N1c1c(C(C)C)cccc1C(C)C)C(C)c1ccc2ccccc2c1-3. The van der Waals surface area contributed by atoms with E-state index in [0.717, 1.165) is 0 Å². The van der Waals surface area contributed by atoms with Crippen LogP contribution < -0.4 is 9.47 Å². The molecular formula is C41H47N2+. The van der Waals surface area contributed by atoms with Crippen LogP contribution in [-0.4, -0.2) is 0 Å². The van der Waals surface area contributed by atoms with Crippen molar-refractivity contribution < 1.29 is 4.57 Å². The molecule has 3 aromatic carbocycles. The third-order valence-corrected chi connectivity index (χ3v) is 10.0. The van der Waals surface area contributed by atoms with E-state index in [9.17, 15) is 0 Å². The third-order valence-electron chi connectivity index (χ3n) is 10.0. The Morgan fingerprint density at radius 2 is 1.49 bits per heavy atom. The number of anilines is 1. The number of fused-ring (bicyclic) bond motifs is 4. The van der Waals surface area contributed by atoms with Crippen LogP contribution in [0.5, 0.6) is 0 Å². The van der Waals surface area contributed by atoms with Crippen molar-refractivity contribution in [1.82, 2.24) is 0 Å². The Balaban J connectivity index is 1.79. The van der Waals surface area contributed by atoms with Crippen LogP contribution in [0.1, 0.15) is 108 Å². The van der Waals surface area contributed by atoms with Crippen molar-refractivity contribution in [3.8, 4) is 11.3 Å². The smallest absolute Gasteiger partial charge is 0.219 e. The van der Waals surface area contributed by atoms with Gasteiger partial charge in [-0.25, -0.2) is 0 Å². The largest absolute Gasteiger partial charge is 0.322 e. The molecule has 0 saturated heterocycles. The quantitative estimate of drug-likeness (QED) is 0.166. The highest BCUT2D eigenvalue weighted by Gasteiger charge is 2.48. The van der Waals surface area contributed by atoms with E-state index in [2.05, 4.69) is 157 Å². The zero-order chi connectivity index (χ0) is 30.7. The van der Waals surface area contributed by atoms with Gasteiger partial charge in [-0.2, -0.15) is 4.57 Å². The van der Waals surface area contributed by atoms with Crippen molar-refractivity contribution in [2.45, 2.75) is 86.1 Å². The van der Waals surface area contributed by atoms with Crippen LogP contribution in [0, 0.1) is 5.92 Å². The molecule has 1 aromatic heterocycles. The summed E-state index contributed by atoms with van der Waals surface area (Å²) in [6.45, 7) is 25.5. The van der Waals surface area contributed by atoms with Gasteiger partial charge in [-0.1, -0.05) is 114 Å². The minimum Gasteiger partial charge on any atom is -0.322 e. The summed E-state index contributed by atoms with van der Waals surface area (Å²) < 4.78 is 2.61. The normalized spacial score (nSPS) is 18.4. The number of para-hydroxylation sites is 1. The van der Waals surface area contributed by atoms with Crippen LogP contribution >= 0.6 is 0 Å². The van der Waals surface area contributed by atoms with Crippen LogP contribution in [0.4, 0.5) is 5.69 Å². The molecule has 6 rings (SSSR count). The molecule has 0 bridgehead atoms. The fourth-order valence-corrected chi connectivity index (χ4v) is 7.61. The first kappa shape index (κ1) is 29.2. The highest BCUT2D eigenvalue weighted by Crippen LogP contribution is 2.51. The molecule has 2 unspecified atom stereocenters. The fourth-order valence-electron chi connectivity index (χ4n) is 7.61. The maximum Gasteiger partial charge on any atom is 0.219 e. The standard InChI is InChI=1S/C41H47N2/c1-11-31(27(8)24(2)3)41-37-21-15-20-36-38-34(23-22-30-16-12-13-17-35(30)38)28(9)39(43(36)37)29(10)42(41)40-32(25(4)5)18-14-19-33(40)26(6)7/h11-26,28,41H,1H2,2-10H3/q+1. The van der Waals surface area contributed by atoms with E-state index in [4.69, 9.17) is 0 Å². The van der Waals surface area contributed by atoms with Gasteiger partial charge in [0.15, 0.2) is 0 Å². The van der Waals surface area contributed by atoms with E-state index in [0.29, 0.717) is 17.8 Å². The number of aromatic nitrogens is 1. The summed E-state index contributed by atoms with van der Waals surface area (Å²) in [5, 5.41) is 2.62. The fraction of sp³-hybridized carbons (Fsp3) is 0.341. The Morgan fingerprint density at radius 3 is 2.12 bits per heavy atom. The average molecular weight is 568 g/mol. The second-order valence-corrected chi connectivity index (χ2v) is 13.5. The minimum atomic E-state index is 0.00438. The molecule has 43 heavy (non-hydrogen) atoms. The summed E-state index contributed by atoms with van der Waals surface area (Å²) in [6.07, 6.45) is 2.13. The van der Waals surface area contributed by atoms with E-state index in [-0.39, 0.29) is 12.0 Å². The van der Waals surface area contributed by atoms with Gasteiger partial charge in [-0.05, 0) is 77.6 Å². The number of hydrogen-bond acceptors (Lipinski definition) is 1. The lowest BCUT2D eigenvalue weighted by atomic mass is 9.80. The van der Waals surface area contributed by atoms with Crippen molar-refractivity contribution in [3.05, 3.63) is 125 Å². The number of rotatable bonds is 6. The number of nitrogens with zero attached hydrogens (tertiary/aromatic N) is 2. The Kier molecular flexibility index (Phi) is 7.45. The summed E-state index contributed by atoms with van der Waals surface area (Å²) in [5.74, 6) is 1.44. The molecule has 0 fully saturated rings. The molecule has 0 saturated carbocycles. The molecule has 2 aliphatic heterocycles. The van der Waals surface area contributed by atoms with Gasteiger partial charge in [-0.15, -0.1) is 0 Å². The van der Waals surface area contributed by atoms with Gasteiger partial charge in [0.25, 0.3) is 0 Å². The van der Waals surface area contributed by atoms with Gasteiger partial charge in [0.1, 0.15) is 6.04 Å². The highest BCUT2D eigenvalue weighted by atomic mass is 15.3. The van der Waals surface area contributed by atoms with Crippen molar-refractivity contribution in [1.29, 1.82) is 0 Å². The molecule has 3 heterocycles. The summed E-state index contributed by atoms with van der Waals surface area (Å²) >= 11 is 0. The van der Waals surface area contributed by atoms with E-state index in [1.165, 1.54) is 72.6 Å². The lowest BCUT2D eigenvalue weighted by Crippen LogP contribution is -2.53. The highest BCUT2D eigenvalue weighted by molar-refractivity contribution is 5.98. The van der Waals surface area contributed by atoms with Crippen LogP contribution in [-0.2, 0) is 0 Å². The molecule has 4 aromatic rings. The van der Waals surface area contributed by atoms with Gasteiger partial charge in [0, 0.05) is 17.8 Å². The molecular weight excluding hydrogens is 520 g/mol.